The lowest BCUT2D eigenvalue weighted by Crippen LogP contribution is -2.27. The number of nitrogens with two attached hydrogens (primary N) is 1. The zero-order chi connectivity index (χ0) is 12.8. The van der Waals surface area contributed by atoms with Crippen molar-refractivity contribution < 1.29 is 4.79 Å². The molecule has 0 unspecified atom stereocenters. The first kappa shape index (κ1) is 13.4. The van der Waals surface area contributed by atoms with Gasteiger partial charge in [0.2, 0.25) is 0 Å². The lowest BCUT2D eigenvalue weighted by atomic mass is 10.2. The first-order valence-corrected chi connectivity index (χ1v) is 5.75. The van der Waals surface area contributed by atoms with Crippen LogP contribution in [0.1, 0.15) is 16.8 Å². The lowest BCUT2D eigenvalue weighted by Gasteiger charge is -2.13. The molecular weight excluding hydrogens is 234 g/mol. The van der Waals surface area contributed by atoms with Crippen LogP contribution in [0, 0.1) is 0 Å². The molecule has 0 aliphatic rings. The Kier molecular flexibility index (Phi) is 4.90. The van der Waals surface area contributed by atoms with E-state index in [9.17, 15) is 4.79 Å². The minimum absolute atomic E-state index is 0.107. The smallest absolute Gasteiger partial charge is 0.251 e. The summed E-state index contributed by atoms with van der Waals surface area (Å²) in [4.78, 5) is 14.1. The molecule has 1 aromatic rings. The molecule has 1 rings (SSSR count). The van der Waals surface area contributed by atoms with Crippen LogP contribution in [-0.4, -0.2) is 31.5 Å². The molecule has 1 amide bonds. The van der Waals surface area contributed by atoms with Crippen molar-refractivity contribution >= 4 is 28.8 Å². The number of hydrogen-bond acceptors (Lipinski definition) is 3. The fraction of sp³-hybridized carbons (Fsp3) is 0.333. The van der Waals surface area contributed by atoms with Gasteiger partial charge in [-0.2, -0.15) is 0 Å². The maximum Gasteiger partial charge on any atom is 0.251 e. The third kappa shape index (κ3) is 4.40. The molecule has 0 spiro atoms. The van der Waals surface area contributed by atoms with Crippen LogP contribution < -0.4 is 16.0 Å². The van der Waals surface area contributed by atoms with E-state index in [2.05, 4.69) is 5.32 Å². The Labute approximate surface area is 107 Å². The summed E-state index contributed by atoms with van der Waals surface area (Å²) in [5.74, 6) is -0.107. The number of nitrogens with zero attached hydrogens (tertiary/aromatic N) is 1. The Hall–Kier alpha value is -1.62. The zero-order valence-electron chi connectivity index (χ0n) is 10.1. The minimum Gasteiger partial charge on any atom is -0.393 e. The van der Waals surface area contributed by atoms with E-state index in [1.807, 2.05) is 37.2 Å². The fourth-order valence-electron chi connectivity index (χ4n) is 1.33. The van der Waals surface area contributed by atoms with Gasteiger partial charge in [-0.15, -0.1) is 0 Å². The molecule has 0 saturated carbocycles. The number of nitrogens with one attached hydrogen (secondary N) is 1. The number of hydrogen-bond donors (Lipinski definition) is 2. The van der Waals surface area contributed by atoms with Crippen molar-refractivity contribution in [3.05, 3.63) is 29.8 Å². The molecule has 5 heteroatoms. The third-order valence-electron chi connectivity index (χ3n) is 2.28. The van der Waals surface area contributed by atoms with Crippen LogP contribution in [-0.2, 0) is 0 Å². The normalized spacial score (nSPS) is 9.76. The molecular formula is C12H17N3OS. The maximum atomic E-state index is 11.8. The SMILES string of the molecule is CN(C)c1cccc(C(=O)NCCC(N)=S)c1. The van der Waals surface area contributed by atoms with Gasteiger partial charge < -0.3 is 16.0 Å². The first-order valence-electron chi connectivity index (χ1n) is 5.34. The van der Waals surface area contributed by atoms with Gasteiger partial charge in [0.1, 0.15) is 0 Å². The van der Waals surface area contributed by atoms with Gasteiger partial charge in [0, 0.05) is 38.3 Å². The largest absolute Gasteiger partial charge is 0.393 e. The Morgan fingerprint density at radius 2 is 2.18 bits per heavy atom. The molecule has 92 valence electrons. The summed E-state index contributed by atoms with van der Waals surface area (Å²) >= 11 is 4.74. The summed E-state index contributed by atoms with van der Waals surface area (Å²) in [5.41, 5.74) is 6.99. The van der Waals surface area contributed by atoms with Crippen molar-refractivity contribution in [2.24, 2.45) is 5.73 Å². The van der Waals surface area contributed by atoms with Crippen LogP contribution in [0.25, 0.3) is 0 Å². The van der Waals surface area contributed by atoms with Crippen LogP contribution in [0.5, 0.6) is 0 Å². The van der Waals surface area contributed by atoms with Gasteiger partial charge in [0.25, 0.3) is 5.91 Å². The highest BCUT2D eigenvalue weighted by Gasteiger charge is 2.06. The average molecular weight is 251 g/mol. The van der Waals surface area contributed by atoms with E-state index in [0.29, 0.717) is 23.5 Å². The van der Waals surface area contributed by atoms with Crippen molar-refractivity contribution in [2.45, 2.75) is 6.42 Å². The van der Waals surface area contributed by atoms with Gasteiger partial charge in [-0.05, 0) is 18.2 Å². The van der Waals surface area contributed by atoms with E-state index in [0.717, 1.165) is 5.69 Å². The summed E-state index contributed by atoms with van der Waals surface area (Å²) < 4.78 is 0. The average Bonchev–Trinajstić information content (AvgIpc) is 2.28. The second-order valence-electron chi connectivity index (χ2n) is 3.92. The molecule has 1 aromatic carbocycles. The van der Waals surface area contributed by atoms with E-state index in [4.69, 9.17) is 18.0 Å². The molecule has 0 aliphatic carbocycles. The van der Waals surface area contributed by atoms with Crippen molar-refractivity contribution in [1.29, 1.82) is 0 Å². The van der Waals surface area contributed by atoms with Crippen LogP contribution in [0.3, 0.4) is 0 Å². The molecule has 0 saturated heterocycles. The number of carbonyl (C=O) groups excluding carboxylic acids is 1. The monoisotopic (exact) mass is 251 g/mol. The molecule has 0 bridgehead atoms. The summed E-state index contributed by atoms with van der Waals surface area (Å²) in [6.45, 7) is 0.473. The van der Waals surface area contributed by atoms with Crippen LogP contribution in [0.4, 0.5) is 5.69 Å². The topological polar surface area (TPSA) is 58.4 Å². The van der Waals surface area contributed by atoms with E-state index < -0.39 is 0 Å². The number of benzene rings is 1. The highest BCUT2D eigenvalue weighted by Crippen LogP contribution is 2.13. The summed E-state index contributed by atoms with van der Waals surface area (Å²) in [6.07, 6.45) is 0.522. The highest BCUT2D eigenvalue weighted by atomic mass is 32.1. The number of rotatable bonds is 5. The second-order valence-corrected chi connectivity index (χ2v) is 4.44. The van der Waals surface area contributed by atoms with Crippen molar-refractivity contribution in [3.63, 3.8) is 0 Å². The Balaban J connectivity index is 2.62. The van der Waals surface area contributed by atoms with E-state index >= 15 is 0 Å². The standard InChI is InChI=1S/C12H17N3OS/c1-15(2)10-5-3-4-9(8-10)12(16)14-7-6-11(13)17/h3-5,8H,6-7H2,1-2H3,(H2,13,17)(H,14,16). The van der Waals surface area contributed by atoms with Crippen LogP contribution in [0.15, 0.2) is 24.3 Å². The van der Waals surface area contributed by atoms with Gasteiger partial charge in [-0.1, -0.05) is 18.3 Å². The molecule has 0 aliphatic heterocycles. The second kappa shape index (κ2) is 6.20. The molecule has 0 heterocycles. The van der Waals surface area contributed by atoms with Gasteiger partial charge >= 0.3 is 0 Å². The van der Waals surface area contributed by atoms with Gasteiger partial charge in [0.15, 0.2) is 0 Å². The van der Waals surface area contributed by atoms with E-state index in [-0.39, 0.29) is 5.91 Å². The molecule has 0 atom stereocenters. The first-order chi connectivity index (χ1) is 8.00. The summed E-state index contributed by atoms with van der Waals surface area (Å²) in [6, 6.07) is 7.43. The van der Waals surface area contributed by atoms with Crippen molar-refractivity contribution in [1.82, 2.24) is 5.32 Å². The quantitative estimate of drug-likeness (QED) is 0.771. The predicted molar refractivity (Wildman–Crippen MR) is 74.5 cm³/mol. The molecule has 3 N–H and O–H groups in total. The lowest BCUT2D eigenvalue weighted by molar-refractivity contribution is 0.0955. The van der Waals surface area contributed by atoms with Gasteiger partial charge in [-0.3, -0.25) is 4.79 Å². The van der Waals surface area contributed by atoms with Crippen molar-refractivity contribution in [3.8, 4) is 0 Å². The van der Waals surface area contributed by atoms with Crippen LogP contribution in [0.2, 0.25) is 0 Å². The number of anilines is 1. The number of thiocarbonyl (C=S) groups is 1. The number of carbonyl (C=O) groups is 1. The third-order valence-corrected chi connectivity index (χ3v) is 2.49. The summed E-state index contributed by atoms with van der Waals surface area (Å²) in [5, 5.41) is 2.77. The Bertz CT molecular complexity index is 418. The predicted octanol–water partition coefficient (Wildman–Crippen LogP) is 1.16. The zero-order valence-corrected chi connectivity index (χ0v) is 10.9. The van der Waals surface area contributed by atoms with Crippen LogP contribution >= 0.6 is 12.2 Å². The number of amides is 1. The van der Waals surface area contributed by atoms with Gasteiger partial charge in [-0.25, -0.2) is 0 Å². The molecule has 0 aromatic heterocycles. The highest BCUT2D eigenvalue weighted by molar-refractivity contribution is 7.80. The summed E-state index contributed by atoms with van der Waals surface area (Å²) in [7, 11) is 3.87. The molecule has 17 heavy (non-hydrogen) atoms. The minimum atomic E-state index is -0.107. The maximum absolute atomic E-state index is 11.8. The fourth-order valence-corrected chi connectivity index (χ4v) is 1.43. The van der Waals surface area contributed by atoms with E-state index in [1.54, 1.807) is 6.07 Å². The molecule has 4 nitrogen and oxygen atoms in total. The van der Waals surface area contributed by atoms with Gasteiger partial charge in [0.05, 0.1) is 4.99 Å². The Morgan fingerprint density at radius 3 is 2.76 bits per heavy atom. The van der Waals surface area contributed by atoms with E-state index in [1.165, 1.54) is 0 Å². The van der Waals surface area contributed by atoms with Crippen molar-refractivity contribution in [2.75, 3.05) is 25.5 Å². The molecule has 0 radical (unpaired) electrons. The Morgan fingerprint density at radius 1 is 1.47 bits per heavy atom. The molecule has 0 fully saturated rings.